The fourth-order valence-electron chi connectivity index (χ4n) is 2.80. The molecule has 22 heavy (non-hydrogen) atoms. The Labute approximate surface area is 137 Å². The molecular formula is C16H22ClNO3S. The molecule has 4 nitrogen and oxygen atoms in total. The summed E-state index contributed by atoms with van der Waals surface area (Å²) >= 11 is 5.75. The molecule has 0 bridgehead atoms. The van der Waals surface area contributed by atoms with Gasteiger partial charge in [0.1, 0.15) is 0 Å². The molecular weight excluding hydrogens is 322 g/mol. The van der Waals surface area contributed by atoms with Gasteiger partial charge in [0.2, 0.25) is 5.91 Å². The topological polar surface area (TPSA) is 63.2 Å². The maximum absolute atomic E-state index is 12.2. The van der Waals surface area contributed by atoms with Crippen molar-refractivity contribution in [1.29, 1.82) is 0 Å². The van der Waals surface area contributed by atoms with E-state index in [9.17, 15) is 13.2 Å². The molecule has 1 aliphatic rings. The highest BCUT2D eigenvalue weighted by Gasteiger charge is 2.23. The minimum atomic E-state index is -3.45. The normalized spacial score (nSPS) is 22.3. The van der Waals surface area contributed by atoms with Crippen molar-refractivity contribution in [3.05, 3.63) is 29.3 Å². The predicted octanol–water partition coefficient (Wildman–Crippen LogP) is 3.20. The van der Waals surface area contributed by atoms with Crippen LogP contribution in [0.25, 0.3) is 0 Å². The van der Waals surface area contributed by atoms with E-state index in [1.54, 1.807) is 0 Å². The van der Waals surface area contributed by atoms with E-state index in [1.165, 1.54) is 30.7 Å². The van der Waals surface area contributed by atoms with Gasteiger partial charge in [-0.25, -0.2) is 8.42 Å². The Morgan fingerprint density at radius 2 is 1.86 bits per heavy atom. The van der Waals surface area contributed by atoms with E-state index in [-0.39, 0.29) is 29.0 Å². The summed E-state index contributed by atoms with van der Waals surface area (Å²) in [6.07, 6.45) is 4.43. The molecule has 1 saturated carbocycles. The van der Waals surface area contributed by atoms with Crippen LogP contribution >= 0.6 is 11.6 Å². The molecule has 2 atom stereocenters. The van der Waals surface area contributed by atoms with E-state index >= 15 is 0 Å². The molecule has 0 saturated heterocycles. The Balaban J connectivity index is 1.88. The molecule has 0 aromatic heterocycles. The molecule has 1 aromatic carbocycles. The van der Waals surface area contributed by atoms with Crippen LogP contribution in [0, 0.1) is 5.92 Å². The van der Waals surface area contributed by atoms with Gasteiger partial charge in [-0.05, 0) is 43.0 Å². The highest BCUT2D eigenvalue weighted by Crippen LogP contribution is 2.23. The number of sulfone groups is 1. The Morgan fingerprint density at radius 3 is 2.50 bits per heavy atom. The summed E-state index contributed by atoms with van der Waals surface area (Å²) in [7, 11) is -3.45. The van der Waals surface area contributed by atoms with Crippen LogP contribution in [0.2, 0.25) is 5.02 Å². The average molecular weight is 344 g/mol. The predicted molar refractivity (Wildman–Crippen MR) is 87.7 cm³/mol. The van der Waals surface area contributed by atoms with Gasteiger partial charge in [-0.15, -0.1) is 0 Å². The van der Waals surface area contributed by atoms with Crippen molar-refractivity contribution in [2.45, 2.75) is 50.0 Å². The summed E-state index contributed by atoms with van der Waals surface area (Å²) in [5, 5.41) is 3.47. The quantitative estimate of drug-likeness (QED) is 0.893. The highest BCUT2D eigenvalue weighted by atomic mass is 35.5. The second-order valence-electron chi connectivity index (χ2n) is 5.96. The van der Waals surface area contributed by atoms with Crippen molar-refractivity contribution in [2.75, 3.05) is 5.75 Å². The van der Waals surface area contributed by atoms with Crippen molar-refractivity contribution in [2.24, 2.45) is 5.92 Å². The molecule has 1 amide bonds. The number of carbonyl (C=O) groups excluding carboxylic acids is 1. The van der Waals surface area contributed by atoms with Gasteiger partial charge in [0.25, 0.3) is 0 Å². The van der Waals surface area contributed by atoms with Gasteiger partial charge in [-0.2, -0.15) is 0 Å². The second kappa shape index (κ2) is 7.47. The lowest BCUT2D eigenvalue weighted by Gasteiger charge is -2.29. The molecule has 122 valence electrons. The first-order chi connectivity index (χ1) is 10.4. The summed E-state index contributed by atoms with van der Waals surface area (Å²) in [5.41, 5.74) is 0. The lowest BCUT2D eigenvalue weighted by molar-refractivity contribution is -0.122. The van der Waals surface area contributed by atoms with Gasteiger partial charge >= 0.3 is 0 Å². The van der Waals surface area contributed by atoms with E-state index in [1.807, 2.05) is 0 Å². The lowest BCUT2D eigenvalue weighted by atomic mass is 9.86. The Kier molecular flexibility index (Phi) is 5.87. The number of carbonyl (C=O) groups is 1. The number of amides is 1. The molecule has 0 aliphatic heterocycles. The molecule has 0 heterocycles. The van der Waals surface area contributed by atoms with Crippen molar-refractivity contribution >= 4 is 27.3 Å². The number of hydrogen-bond acceptors (Lipinski definition) is 3. The largest absolute Gasteiger partial charge is 0.353 e. The van der Waals surface area contributed by atoms with E-state index < -0.39 is 9.84 Å². The Hall–Kier alpha value is -1.07. The summed E-state index contributed by atoms with van der Waals surface area (Å²) < 4.78 is 24.4. The first-order valence-electron chi connectivity index (χ1n) is 7.66. The van der Waals surface area contributed by atoms with Crippen LogP contribution in [0.4, 0.5) is 0 Å². The van der Waals surface area contributed by atoms with Gasteiger partial charge in [-0.1, -0.05) is 31.4 Å². The van der Waals surface area contributed by atoms with Crippen LogP contribution < -0.4 is 5.32 Å². The molecule has 1 N–H and O–H groups in total. The van der Waals surface area contributed by atoms with E-state index in [4.69, 9.17) is 11.6 Å². The maximum atomic E-state index is 12.2. The molecule has 0 unspecified atom stereocenters. The van der Waals surface area contributed by atoms with Gasteiger partial charge in [0.05, 0.1) is 10.6 Å². The number of hydrogen-bond donors (Lipinski definition) is 1. The van der Waals surface area contributed by atoms with Crippen LogP contribution in [0.5, 0.6) is 0 Å². The molecule has 2 rings (SSSR count). The van der Waals surface area contributed by atoms with Gasteiger partial charge in [0, 0.05) is 17.5 Å². The van der Waals surface area contributed by atoms with Crippen molar-refractivity contribution in [1.82, 2.24) is 5.32 Å². The molecule has 1 aromatic rings. The van der Waals surface area contributed by atoms with E-state index in [0.29, 0.717) is 10.9 Å². The summed E-state index contributed by atoms with van der Waals surface area (Å²) in [6, 6.07) is 6.20. The number of nitrogens with one attached hydrogen (secondary N) is 1. The van der Waals surface area contributed by atoms with Crippen LogP contribution in [0.15, 0.2) is 29.2 Å². The zero-order chi connectivity index (χ0) is 16.2. The summed E-state index contributed by atoms with van der Waals surface area (Å²) in [5.74, 6) is 0.100. The fourth-order valence-corrected chi connectivity index (χ4v) is 4.16. The summed E-state index contributed by atoms with van der Waals surface area (Å²) in [4.78, 5) is 12.2. The fraction of sp³-hybridized carbons (Fsp3) is 0.562. The van der Waals surface area contributed by atoms with Crippen molar-refractivity contribution in [3.8, 4) is 0 Å². The first-order valence-corrected chi connectivity index (χ1v) is 9.69. The van der Waals surface area contributed by atoms with Crippen LogP contribution in [0.3, 0.4) is 0 Å². The Bertz CT molecular complexity index is 613. The third-order valence-corrected chi connectivity index (χ3v) is 6.21. The smallest absolute Gasteiger partial charge is 0.221 e. The molecule has 1 aliphatic carbocycles. The van der Waals surface area contributed by atoms with Crippen molar-refractivity contribution in [3.63, 3.8) is 0 Å². The summed E-state index contributed by atoms with van der Waals surface area (Å²) in [6.45, 7) is 2.13. The highest BCUT2D eigenvalue weighted by molar-refractivity contribution is 7.91. The molecule has 0 radical (unpaired) electrons. The first kappa shape index (κ1) is 17.3. The molecule has 1 fully saturated rings. The van der Waals surface area contributed by atoms with Gasteiger partial charge < -0.3 is 5.32 Å². The van der Waals surface area contributed by atoms with Gasteiger partial charge in [0.15, 0.2) is 9.84 Å². The van der Waals surface area contributed by atoms with Crippen LogP contribution in [0.1, 0.15) is 39.0 Å². The van der Waals surface area contributed by atoms with Gasteiger partial charge in [-0.3, -0.25) is 4.79 Å². The number of halogens is 1. The Morgan fingerprint density at radius 1 is 1.23 bits per heavy atom. The van der Waals surface area contributed by atoms with Crippen LogP contribution in [-0.4, -0.2) is 26.1 Å². The van der Waals surface area contributed by atoms with E-state index in [0.717, 1.165) is 19.3 Å². The zero-order valence-electron chi connectivity index (χ0n) is 12.7. The standard InChI is InChI=1S/C16H22ClNO3S/c1-12-4-2-3-5-15(12)18-16(19)10-11-22(20,21)14-8-6-13(17)7-9-14/h6-9,12,15H,2-5,10-11H2,1H3,(H,18,19)/t12-,15+/m0/s1. The van der Waals surface area contributed by atoms with E-state index in [2.05, 4.69) is 12.2 Å². The third kappa shape index (κ3) is 4.71. The SMILES string of the molecule is C[C@H]1CCCC[C@H]1NC(=O)CCS(=O)(=O)c1ccc(Cl)cc1. The maximum Gasteiger partial charge on any atom is 0.221 e. The number of benzene rings is 1. The number of rotatable bonds is 5. The van der Waals surface area contributed by atoms with Crippen molar-refractivity contribution < 1.29 is 13.2 Å². The molecule has 6 heteroatoms. The lowest BCUT2D eigenvalue weighted by Crippen LogP contribution is -2.41. The minimum absolute atomic E-state index is 0.00577. The second-order valence-corrected chi connectivity index (χ2v) is 8.50. The molecule has 0 spiro atoms. The average Bonchev–Trinajstić information content (AvgIpc) is 2.48. The monoisotopic (exact) mass is 343 g/mol. The van der Waals surface area contributed by atoms with Crippen LogP contribution in [-0.2, 0) is 14.6 Å². The minimum Gasteiger partial charge on any atom is -0.353 e. The third-order valence-electron chi connectivity index (χ3n) is 4.23. The zero-order valence-corrected chi connectivity index (χ0v) is 14.3.